The Morgan fingerprint density at radius 3 is 3.08 bits per heavy atom. The van der Waals surface area contributed by atoms with Gasteiger partial charge in [0.1, 0.15) is 18.5 Å². The Morgan fingerprint density at radius 2 is 2.31 bits per heavy atom. The zero-order valence-electron chi connectivity index (χ0n) is 7.53. The number of hydrogen-bond donors (Lipinski definition) is 2. The second-order valence-electron chi connectivity index (χ2n) is 3.45. The summed E-state index contributed by atoms with van der Waals surface area (Å²) in [6.45, 7) is 2.28. The maximum Gasteiger partial charge on any atom is 0.124 e. The summed E-state index contributed by atoms with van der Waals surface area (Å²) < 4.78 is 5.33. The average molecular weight is 179 g/mol. The van der Waals surface area contributed by atoms with Gasteiger partial charge in [0.2, 0.25) is 0 Å². The summed E-state index contributed by atoms with van der Waals surface area (Å²) in [5.41, 5.74) is 7.86. The molecule has 0 bridgehead atoms. The molecule has 0 spiro atoms. The van der Waals surface area contributed by atoms with Crippen molar-refractivity contribution in [1.82, 2.24) is 0 Å². The molecule has 1 aromatic carbocycles. The summed E-state index contributed by atoms with van der Waals surface area (Å²) >= 11 is 0. The lowest BCUT2D eigenvalue weighted by molar-refractivity contribution is 0.0678. The number of aliphatic hydroxyl groups is 1. The van der Waals surface area contributed by atoms with Crippen molar-refractivity contribution in [1.29, 1.82) is 0 Å². The monoisotopic (exact) mass is 179 g/mol. The van der Waals surface area contributed by atoms with Gasteiger partial charge in [0.05, 0.1) is 6.04 Å². The van der Waals surface area contributed by atoms with Crippen LogP contribution in [-0.4, -0.2) is 17.8 Å². The fourth-order valence-electron chi connectivity index (χ4n) is 1.55. The van der Waals surface area contributed by atoms with Crippen molar-refractivity contribution in [3.8, 4) is 5.75 Å². The number of aliphatic hydroxyl groups excluding tert-OH is 1. The first-order valence-electron chi connectivity index (χ1n) is 4.35. The molecule has 0 aromatic heterocycles. The van der Waals surface area contributed by atoms with E-state index in [1.807, 2.05) is 25.1 Å². The van der Waals surface area contributed by atoms with E-state index in [0.29, 0.717) is 0 Å². The number of nitrogens with two attached hydrogens (primary N) is 1. The molecule has 3 heteroatoms. The van der Waals surface area contributed by atoms with Crippen LogP contribution in [0.15, 0.2) is 18.2 Å². The quantitative estimate of drug-likeness (QED) is 0.618. The lowest BCUT2D eigenvalue weighted by Gasteiger charge is -2.27. The summed E-state index contributed by atoms with van der Waals surface area (Å²) in [5, 5.41) is 9.47. The summed E-state index contributed by atoms with van der Waals surface area (Å²) in [6, 6.07) is 5.52. The third-order valence-corrected chi connectivity index (χ3v) is 2.35. The number of hydrogen-bond acceptors (Lipinski definition) is 3. The number of fused-ring (bicyclic) bond motifs is 1. The number of rotatable bonds is 0. The minimum absolute atomic E-state index is 0.289. The smallest absolute Gasteiger partial charge is 0.124 e. The molecule has 0 fully saturated rings. The SMILES string of the molecule is Cc1ccc2c(c1)[C@H](N)[C@H](O)CO2. The van der Waals surface area contributed by atoms with E-state index in [9.17, 15) is 5.11 Å². The highest BCUT2D eigenvalue weighted by Crippen LogP contribution is 2.31. The molecular formula is C10H13NO2. The Bertz CT molecular complexity index is 325. The second-order valence-corrected chi connectivity index (χ2v) is 3.45. The normalized spacial score (nSPS) is 26.4. The molecule has 0 aliphatic carbocycles. The first-order valence-corrected chi connectivity index (χ1v) is 4.35. The van der Waals surface area contributed by atoms with E-state index in [-0.39, 0.29) is 12.6 Å². The molecule has 1 aliphatic rings. The van der Waals surface area contributed by atoms with Gasteiger partial charge in [0.15, 0.2) is 0 Å². The van der Waals surface area contributed by atoms with Crippen LogP contribution < -0.4 is 10.5 Å². The molecule has 0 saturated carbocycles. The molecule has 0 radical (unpaired) electrons. The van der Waals surface area contributed by atoms with Crippen LogP contribution in [0.5, 0.6) is 5.75 Å². The molecule has 1 aliphatic heterocycles. The van der Waals surface area contributed by atoms with Gasteiger partial charge in [0.25, 0.3) is 0 Å². The summed E-state index contributed by atoms with van der Waals surface area (Å²) in [5.74, 6) is 0.795. The third kappa shape index (κ3) is 1.41. The van der Waals surface area contributed by atoms with E-state index < -0.39 is 6.10 Å². The summed E-state index contributed by atoms with van der Waals surface area (Å²) in [6.07, 6.45) is -0.589. The van der Waals surface area contributed by atoms with Crippen molar-refractivity contribution in [2.45, 2.75) is 19.1 Å². The lowest BCUT2D eigenvalue weighted by atomic mass is 9.97. The van der Waals surface area contributed by atoms with Crippen molar-refractivity contribution in [2.24, 2.45) is 5.73 Å². The zero-order valence-corrected chi connectivity index (χ0v) is 7.53. The number of benzene rings is 1. The van der Waals surface area contributed by atoms with Crippen molar-refractivity contribution < 1.29 is 9.84 Å². The molecule has 0 unspecified atom stereocenters. The standard InChI is InChI=1S/C10H13NO2/c1-6-2-3-9-7(4-6)10(11)8(12)5-13-9/h2-4,8,10,12H,5,11H2,1H3/t8-,10+/m1/s1. The highest BCUT2D eigenvalue weighted by atomic mass is 16.5. The average Bonchev–Trinajstić information content (AvgIpc) is 2.12. The van der Waals surface area contributed by atoms with Gasteiger partial charge in [-0.05, 0) is 13.0 Å². The molecule has 3 nitrogen and oxygen atoms in total. The van der Waals surface area contributed by atoms with E-state index in [4.69, 9.17) is 10.5 Å². The molecule has 0 amide bonds. The topological polar surface area (TPSA) is 55.5 Å². The lowest BCUT2D eigenvalue weighted by Crippen LogP contribution is -2.35. The van der Waals surface area contributed by atoms with Crippen LogP contribution in [0.3, 0.4) is 0 Å². The molecule has 0 saturated heterocycles. The molecule has 3 N–H and O–H groups in total. The molecular weight excluding hydrogens is 166 g/mol. The fraction of sp³-hybridized carbons (Fsp3) is 0.400. The van der Waals surface area contributed by atoms with E-state index in [0.717, 1.165) is 16.9 Å². The molecule has 70 valence electrons. The molecule has 1 aromatic rings. The van der Waals surface area contributed by atoms with Gasteiger partial charge in [-0.25, -0.2) is 0 Å². The predicted molar refractivity (Wildman–Crippen MR) is 49.6 cm³/mol. The van der Waals surface area contributed by atoms with Crippen molar-refractivity contribution in [3.05, 3.63) is 29.3 Å². The van der Waals surface area contributed by atoms with Crippen molar-refractivity contribution in [3.63, 3.8) is 0 Å². The fourth-order valence-corrected chi connectivity index (χ4v) is 1.55. The van der Waals surface area contributed by atoms with Gasteiger partial charge in [-0.1, -0.05) is 17.7 Å². The van der Waals surface area contributed by atoms with E-state index in [1.54, 1.807) is 0 Å². The van der Waals surface area contributed by atoms with Gasteiger partial charge >= 0.3 is 0 Å². The van der Waals surface area contributed by atoms with E-state index >= 15 is 0 Å². The highest BCUT2D eigenvalue weighted by molar-refractivity contribution is 5.40. The van der Waals surface area contributed by atoms with Gasteiger partial charge in [-0.3, -0.25) is 0 Å². The van der Waals surface area contributed by atoms with Crippen molar-refractivity contribution in [2.75, 3.05) is 6.61 Å². The number of aryl methyl sites for hydroxylation is 1. The van der Waals surface area contributed by atoms with Crippen LogP contribution in [0.25, 0.3) is 0 Å². The van der Waals surface area contributed by atoms with E-state index in [2.05, 4.69) is 0 Å². The Morgan fingerprint density at radius 1 is 1.54 bits per heavy atom. The van der Waals surface area contributed by atoms with Crippen LogP contribution in [-0.2, 0) is 0 Å². The van der Waals surface area contributed by atoms with Crippen LogP contribution in [0.1, 0.15) is 17.2 Å². The van der Waals surface area contributed by atoms with Gasteiger partial charge in [-0.2, -0.15) is 0 Å². The van der Waals surface area contributed by atoms with Crippen LogP contribution >= 0.6 is 0 Å². The Hall–Kier alpha value is -1.06. The first-order chi connectivity index (χ1) is 6.18. The largest absolute Gasteiger partial charge is 0.490 e. The first kappa shape index (κ1) is 8.53. The predicted octanol–water partition coefficient (Wildman–Crippen LogP) is 0.748. The zero-order chi connectivity index (χ0) is 9.42. The molecule has 2 atom stereocenters. The second kappa shape index (κ2) is 3.01. The van der Waals surface area contributed by atoms with Crippen LogP contribution in [0, 0.1) is 6.92 Å². The minimum Gasteiger partial charge on any atom is -0.490 e. The van der Waals surface area contributed by atoms with Gasteiger partial charge in [0, 0.05) is 5.56 Å². The summed E-state index contributed by atoms with van der Waals surface area (Å²) in [4.78, 5) is 0. The van der Waals surface area contributed by atoms with Crippen molar-refractivity contribution >= 4 is 0 Å². The van der Waals surface area contributed by atoms with Gasteiger partial charge in [-0.15, -0.1) is 0 Å². The third-order valence-electron chi connectivity index (χ3n) is 2.35. The molecule has 13 heavy (non-hydrogen) atoms. The maximum atomic E-state index is 9.47. The minimum atomic E-state index is -0.589. The Labute approximate surface area is 77.1 Å². The summed E-state index contributed by atoms with van der Waals surface area (Å²) in [7, 11) is 0. The highest BCUT2D eigenvalue weighted by Gasteiger charge is 2.25. The molecule has 2 rings (SSSR count). The number of ether oxygens (including phenoxy) is 1. The van der Waals surface area contributed by atoms with E-state index in [1.165, 1.54) is 0 Å². The Balaban J connectivity index is 2.45. The molecule has 1 heterocycles. The van der Waals surface area contributed by atoms with Crippen LogP contribution in [0.4, 0.5) is 0 Å². The van der Waals surface area contributed by atoms with Gasteiger partial charge < -0.3 is 15.6 Å². The maximum absolute atomic E-state index is 9.47. The van der Waals surface area contributed by atoms with Crippen LogP contribution in [0.2, 0.25) is 0 Å². The Kier molecular flexibility index (Phi) is 1.98.